The van der Waals surface area contributed by atoms with Crippen LogP contribution in [-0.2, 0) is 5.41 Å². The highest BCUT2D eigenvalue weighted by Gasteiger charge is 2.48. The van der Waals surface area contributed by atoms with Crippen molar-refractivity contribution in [2.45, 2.75) is 5.41 Å². The molecule has 12 rings (SSSR count). The van der Waals surface area contributed by atoms with Crippen LogP contribution in [0.15, 0.2) is 231 Å². The maximum absolute atomic E-state index is 6.97. The molecular weight excluding hydrogens is 769 g/mol. The third-order valence-electron chi connectivity index (χ3n) is 12.5. The minimum atomic E-state index is -0.534. The van der Waals surface area contributed by atoms with Gasteiger partial charge in [-0.25, -0.2) is 9.97 Å². The predicted molar refractivity (Wildman–Crippen MR) is 253 cm³/mol. The lowest BCUT2D eigenvalue weighted by Crippen LogP contribution is -2.28. The molecule has 0 spiro atoms. The van der Waals surface area contributed by atoms with E-state index in [4.69, 9.17) is 19.4 Å². The van der Waals surface area contributed by atoms with E-state index in [1.54, 1.807) is 0 Å². The zero-order chi connectivity index (χ0) is 41.7. The zero-order valence-corrected chi connectivity index (χ0v) is 34.2. The Morgan fingerprint density at radius 2 is 0.841 bits per heavy atom. The smallest absolute Gasteiger partial charge is 0.178 e. The molecule has 0 unspecified atom stereocenters. The van der Waals surface area contributed by atoms with Gasteiger partial charge in [0.15, 0.2) is 28.8 Å². The molecular formula is C59H38N2O2. The van der Waals surface area contributed by atoms with Gasteiger partial charge in [0.25, 0.3) is 0 Å². The van der Waals surface area contributed by atoms with E-state index in [2.05, 4.69) is 200 Å². The van der Waals surface area contributed by atoms with E-state index in [0.717, 1.165) is 61.6 Å². The Morgan fingerprint density at radius 1 is 0.317 bits per heavy atom. The number of ether oxygens (including phenoxy) is 2. The van der Waals surface area contributed by atoms with E-state index in [1.807, 2.05) is 30.3 Å². The van der Waals surface area contributed by atoms with Crippen molar-refractivity contribution in [1.82, 2.24) is 9.97 Å². The van der Waals surface area contributed by atoms with Crippen LogP contribution in [0.2, 0.25) is 0 Å². The van der Waals surface area contributed by atoms with Gasteiger partial charge in [0, 0.05) is 22.3 Å². The van der Waals surface area contributed by atoms with Crippen LogP contribution in [0, 0.1) is 0 Å². The minimum absolute atomic E-state index is 0.534. The standard InChI is InChI=1S/C59H38N2O2/c1-5-17-39(18-6-1)40-29-31-42(32-30-40)58-60-51(41-19-7-2-8-20-41)38-52(61-58)47-26-14-13-25-46(47)43-33-35-53-55(37-43)62-54-36-34-50-56(57(54)63-53)48-27-15-16-28-49(48)59(50,44-21-9-3-10-22-44)45-23-11-4-12-24-45/h1-38H. The van der Waals surface area contributed by atoms with Gasteiger partial charge in [-0.1, -0.05) is 206 Å². The number of nitrogens with zero attached hydrogens (tertiary/aromatic N) is 2. The lowest BCUT2D eigenvalue weighted by atomic mass is 9.68. The molecule has 1 aromatic heterocycles. The zero-order valence-electron chi connectivity index (χ0n) is 34.2. The highest BCUT2D eigenvalue weighted by molar-refractivity contribution is 5.92. The minimum Gasteiger partial charge on any atom is -0.449 e. The fourth-order valence-electron chi connectivity index (χ4n) is 9.60. The first-order valence-electron chi connectivity index (χ1n) is 21.3. The van der Waals surface area contributed by atoms with Crippen LogP contribution in [0.1, 0.15) is 22.3 Å². The van der Waals surface area contributed by atoms with Gasteiger partial charge < -0.3 is 9.47 Å². The molecule has 1 aliphatic heterocycles. The van der Waals surface area contributed by atoms with Crippen molar-refractivity contribution in [3.05, 3.63) is 253 Å². The highest BCUT2D eigenvalue weighted by Crippen LogP contribution is 2.62. The molecule has 0 N–H and O–H groups in total. The number of benzene rings is 9. The summed E-state index contributed by atoms with van der Waals surface area (Å²) in [6.07, 6.45) is 0. The first-order chi connectivity index (χ1) is 31.2. The molecule has 10 aromatic rings. The molecule has 296 valence electrons. The second-order valence-electron chi connectivity index (χ2n) is 16.0. The second-order valence-corrected chi connectivity index (χ2v) is 16.0. The molecule has 1 aliphatic carbocycles. The van der Waals surface area contributed by atoms with Crippen LogP contribution in [0.3, 0.4) is 0 Å². The van der Waals surface area contributed by atoms with E-state index in [-0.39, 0.29) is 0 Å². The first kappa shape index (κ1) is 36.5. The fourth-order valence-corrected chi connectivity index (χ4v) is 9.60. The summed E-state index contributed by atoms with van der Waals surface area (Å²) >= 11 is 0. The van der Waals surface area contributed by atoms with Crippen molar-refractivity contribution in [3.8, 4) is 90.3 Å². The van der Waals surface area contributed by atoms with Gasteiger partial charge in [0.05, 0.1) is 16.8 Å². The molecule has 9 aromatic carbocycles. The Bertz CT molecular complexity index is 3270. The van der Waals surface area contributed by atoms with Gasteiger partial charge in [-0.15, -0.1) is 0 Å². The van der Waals surface area contributed by atoms with Crippen molar-refractivity contribution in [2.75, 3.05) is 0 Å². The van der Waals surface area contributed by atoms with Crippen LogP contribution in [0.4, 0.5) is 0 Å². The Morgan fingerprint density at radius 3 is 1.54 bits per heavy atom. The van der Waals surface area contributed by atoms with Crippen LogP contribution in [0.25, 0.3) is 67.3 Å². The highest BCUT2D eigenvalue weighted by atomic mass is 16.6. The van der Waals surface area contributed by atoms with E-state index in [0.29, 0.717) is 23.1 Å². The molecule has 4 heteroatoms. The Balaban J connectivity index is 0.944. The number of aromatic nitrogens is 2. The van der Waals surface area contributed by atoms with Crippen molar-refractivity contribution in [1.29, 1.82) is 0 Å². The maximum Gasteiger partial charge on any atom is 0.178 e. The molecule has 63 heavy (non-hydrogen) atoms. The van der Waals surface area contributed by atoms with Gasteiger partial charge >= 0.3 is 0 Å². The molecule has 0 radical (unpaired) electrons. The van der Waals surface area contributed by atoms with Gasteiger partial charge in [-0.3, -0.25) is 0 Å². The predicted octanol–water partition coefficient (Wildman–Crippen LogP) is 15.1. The van der Waals surface area contributed by atoms with E-state index in [9.17, 15) is 0 Å². The first-order valence-corrected chi connectivity index (χ1v) is 21.3. The van der Waals surface area contributed by atoms with E-state index >= 15 is 0 Å². The summed E-state index contributed by atoms with van der Waals surface area (Å²) in [6, 6.07) is 80.6. The lowest BCUT2D eigenvalue weighted by Gasteiger charge is -2.34. The summed E-state index contributed by atoms with van der Waals surface area (Å²) in [6.45, 7) is 0. The fraction of sp³-hybridized carbons (Fsp3) is 0.0169. The molecule has 0 atom stereocenters. The lowest BCUT2D eigenvalue weighted by molar-refractivity contribution is 0.360. The van der Waals surface area contributed by atoms with Crippen molar-refractivity contribution >= 4 is 0 Å². The number of hydrogen-bond acceptors (Lipinski definition) is 4. The monoisotopic (exact) mass is 806 g/mol. The Kier molecular flexibility index (Phi) is 8.68. The number of fused-ring (bicyclic) bond motifs is 6. The largest absolute Gasteiger partial charge is 0.449 e. The molecule has 4 nitrogen and oxygen atoms in total. The van der Waals surface area contributed by atoms with Crippen LogP contribution in [-0.4, -0.2) is 9.97 Å². The van der Waals surface area contributed by atoms with Gasteiger partial charge in [0.1, 0.15) is 0 Å². The van der Waals surface area contributed by atoms with Crippen LogP contribution >= 0.6 is 0 Å². The van der Waals surface area contributed by atoms with Gasteiger partial charge in [-0.05, 0) is 74.3 Å². The van der Waals surface area contributed by atoms with E-state index in [1.165, 1.54) is 27.8 Å². The van der Waals surface area contributed by atoms with Gasteiger partial charge in [-0.2, -0.15) is 0 Å². The summed E-state index contributed by atoms with van der Waals surface area (Å²) in [5.41, 5.74) is 15.4. The van der Waals surface area contributed by atoms with Crippen LogP contribution < -0.4 is 9.47 Å². The number of hydrogen-bond donors (Lipinski definition) is 0. The molecule has 0 saturated heterocycles. The molecule has 0 bridgehead atoms. The third-order valence-corrected chi connectivity index (χ3v) is 12.5. The molecule has 0 amide bonds. The quantitative estimate of drug-likeness (QED) is 0.161. The normalized spacial score (nSPS) is 12.8. The van der Waals surface area contributed by atoms with E-state index < -0.39 is 5.41 Å². The third kappa shape index (κ3) is 6.07. The molecule has 0 saturated carbocycles. The molecule has 2 aliphatic rings. The maximum atomic E-state index is 6.97. The summed E-state index contributed by atoms with van der Waals surface area (Å²) in [5, 5.41) is 0. The molecule has 0 fully saturated rings. The van der Waals surface area contributed by atoms with Crippen molar-refractivity contribution < 1.29 is 9.47 Å². The summed E-state index contributed by atoms with van der Waals surface area (Å²) in [5.74, 6) is 3.40. The summed E-state index contributed by atoms with van der Waals surface area (Å²) in [7, 11) is 0. The SMILES string of the molecule is c1ccc(-c2ccc(-c3nc(-c4ccccc4)cc(-c4ccccc4-c4ccc5c(c4)Oc4ccc6c(c4O5)-c4ccccc4C6(c4ccccc4)c4ccccc4)n3)cc2)cc1. The topological polar surface area (TPSA) is 44.2 Å². The molecule has 2 heterocycles. The summed E-state index contributed by atoms with van der Waals surface area (Å²) < 4.78 is 13.8. The second kappa shape index (κ2) is 15.0. The number of rotatable bonds is 7. The van der Waals surface area contributed by atoms with Crippen LogP contribution in [0.5, 0.6) is 23.0 Å². The average Bonchev–Trinajstić information content (AvgIpc) is 3.68. The van der Waals surface area contributed by atoms with Crippen molar-refractivity contribution in [3.63, 3.8) is 0 Å². The summed E-state index contributed by atoms with van der Waals surface area (Å²) in [4.78, 5) is 10.4. The average molecular weight is 807 g/mol. The Hall–Kier alpha value is -8.34. The Labute approximate surface area is 366 Å². The van der Waals surface area contributed by atoms with Gasteiger partial charge in [0.2, 0.25) is 0 Å². The van der Waals surface area contributed by atoms with Crippen molar-refractivity contribution in [2.24, 2.45) is 0 Å².